The third kappa shape index (κ3) is 1.34. The fraction of sp³-hybridized carbons (Fsp3) is 0.182. The molecule has 4 nitrogen and oxygen atoms in total. The number of aromatic nitrogens is 1. The van der Waals surface area contributed by atoms with Gasteiger partial charge < -0.3 is 15.0 Å². The van der Waals surface area contributed by atoms with Gasteiger partial charge in [-0.15, -0.1) is 0 Å². The first kappa shape index (κ1) is 9.54. The molecule has 0 spiro atoms. The van der Waals surface area contributed by atoms with Gasteiger partial charge >= 0.3 is 0 Å². The zero-order chi connectivity index (χ0) is 11.1. The zero-order valence-corrected chi connectivity index (χ0v) is 9.12. The number of nitrogen functional groups attached to an aromatic ring is 1. The van der Waals surface area contributed by atoms with Crippen LogP contribution < -0.4 is 10.5 Å². The molecule has 0 bridgehead atoms. The second-order valence-corrected chi connectivity index (χ2v) is 4.02. The van der Waals surface area contributed by atoms with Crippen LogP contribution in [0.5, 0.6) is 5.75 Å². The zero-order valence-electron chi connectivity index (χ0n) is 8.37. The Morgan fingerprint density at radius 3 is 3.00 bits per heavy atom. The lowest BCUT2D eigenvalue weighted by Gasteiger charge is -2.05. The first-order valence-electron chi connectivity index (χ1n) is 4.92. The molecule has 1 aromatic carbocycles. The van der Waals surface area contributed by atoms with Gasteiger partial charge in [-0.3, -0.25) is 0 Å². The molecule has 2 aromatic rings. The third-order valence-electron chi connectivity index (χ3n) is 2.61. The summed E-state index contributed by atoms with van der Waals surface area (Å²) in [5.74, 6) is 1.14. The van der Waals surface area contributed by atoms with Crippen LogP contribution in [0.2, 0.25) is 5.02 Å². The molecule has 0 radical (unpaired) electrons. The van der Waals surface area contributed by atoms with Crippen molar-refractivity contribution in [3.05, 3.63) is 28.8 Å². The molecule has 0 saturated heterocycles. The van der Waals surface area contributed by atoms with Gasteiger partial charge in [0.05, 0.1) is 11.6 Å². The van der Waals surface area contributed by atoms with Gasteiger partial charge in [0, 0.05) is 23.6 Å². The Labute approximate surface area is 96.9 Å². The highest BCUT2D eigenvalue weighted by Crippen LogP contribution is 2.39. The maximum absolute atomic E-state index is 6.17. The summed E-state index contributed by atoms with van der Waals surface area (Å²) in [7, 11) is 0. The minimum absolute atomic E-state index is 0.280. The largest absolute Gasteiger partial charge is 0.493 e. The minimum atomic E-state index is 0.280. The highest BCUT2D eigenvalue weighted by Gasteiger charge is 2.21. The van der Waals surface area contributed by atoms with Crippen LogP contribution in [0, 0.1) is 0 Å². The number of benzene rings is 1. The van der Waals surface area contributed by atoms with Crippen LogP contribution in [0.4, 0.5) is 5.88 Å². The molecule has 2 N–H and O–H groups in total. The van der Waals surface area contributed by atoms with Crippen molar-refractivity contribution >= 4 is 17.5 Å². The van der Waals surface area contributed by atoms with Gasteiger partial charge in [-0.25, -0.2) is 0 Å². The first-order valence-corrected chi connectivity index (χ1v) is 5.30. The lowest BCUT2D eigenvalue weighted by molar-refractivity contribution is 0.357. The molecular formula is C11H9ClN2O2. The molecule has 1 aliphatic rings. The first-order chi connectivity index (χ1) is 7.75. The van der Waals surface area contributed by atoms with E-state index in [2.05, 4.69) is 5.16 Å². The number of halogens is 1. The number of anilines is 1. The van der Waals surface area contributed by atoms with Gasteiger partial charge in [0.25, 0.3) is 0 Å². The number of nitrogens with zero attached hydrogens (tertiary/aromatic N) is 1. The number of ether oxygens (including phenoxy) is 1. The summed E-state index contributed by atoms with van der Waals surface area (Å²) in [6, 6.07) is 5.34. The predicted molar refractivity (Wildman–Crippen MR) is 60.6 cm³/mol. The highest BCUT2D eigenvalue weighted by atomic mass is 35.5. The van der Waals surface area contributed by atoms with Gasteiger partial charge in [-0.05, 0) is 12.1 Å². The van der Waals surface area contributed by atoms with Crippen LogP contribution in [0.3, 0.4) is 0 Å². The van der Waals surface area contributed by atoms with Crippen LogP contribution in [0.1, 0.15) is 5.56 Å². The van der Waals surface area contributed by atoms with Crippen LogP contribution in [0.25, 0.3) is 11.3 Å². The molecule has 1 aliphatic heterocycles. The summed E-state index contributed by atoms with van der Waals surface area (Å²) in [6.45, 7) is 0.677. The van der Waals surface area contributed by atoms with Crippen molar-refractivity contribution in [3.8, 4) is 17.0 Å². The normalized spacial score (nSPS) is 13.6. The van der Waals surface area contributed by atoms with Crippen molar-refractivity contribution in [2.45, 2.75) is 6.42 Å². The van der Waals surface area contributed by atoms with Crippen molar-refractivity contribution in [3.63, 3.8) is 0 Å². The second kappa shape index (κ2) is 3.42. The summed E-state index contributed by atoms with van der Waals surface area (Å²) in [4.78, 5) is 0. The highest BCUT2D eigenvalue weighted by molar-refractivity contribution is 6.33. The molecule has 3 rings (SSSR count). The average Bonchev–Trinajstić information content (AvgIpc) is 2.86. The molecule has 0 unspecified atom stereocenters. The van der Waals surface area contributed by atoms with E-state index in [1.807, 2.05) is 6.07 Å². The average molecular weight is 237 g/mol. The van der Waals surface area contributed by atoms with E-state index in [1.54, 1.807) is 12.1 Å². The lowest BCUT2D eigenvalue weighted by atomic mass is 10.0. The summed E-state index contributed by atoms with van der Waals surface area (Å²) in [6.07, 6.45) is 0.831. The Morgan fingerprint density at radius 2 is 2.25 bits per heavy atom. The van der Waals surface area contributed by atoms with Crippen LogP contribution in [-0.4, -0.2) is 11.8 Å². The van der Waals surface area contributed by atoms with Crippen LogP contribution in [0.15, 0.2) is 22.7 Å². The van der Waals surface area contributed by atoms with Crippen molar-refractivity contribution in [2.75, 3.05) is 12.3 Å². The van der Waals surface area contributed by atoms with E-state index >= 15 is 0 Å². The minimum Gasteiger partial charge on any atom is -0.493 e. The molecule has 2 heterocycles. The topological polar surface area (TPSA) is 61.3 Å². The summed E-state index contributed by atoms with van der Waals surface area (Å²) in [5.41, 5.74) is 8.09. The number of hydrogen-bond acceptors (Lipinski definition) is 4. The monoisotopic (exact) mass is 236 g/mol. The standard InChI is InChI=1S/C11H9ClN2O2/c12-7-1-2-9-6(3-4-15-9)11(7)8-5-10(13)16-14-8/h1-2,5H,3-4,13H2. The van der Waals surface area contributed by atoms with E-state index in [9.17, 15) is 0 Å². The Morgan fingerprint density at radius 1 is 1.38 bits per heavy atom. The summed E-state index contributed by atoms with van der Waals surface area (Å²) >= 11 is 6.17. The molecule has 16 heavy (non-hydrogen) atoms. The smallest absolute Gasteiger partial charge is 0.222 e. The van der Waals surface area contributed by atoms with Crippen molar-refractivity contribution in [1.82, 2.24) is 5.16 Å². The number of fused-ring (bicyclic) bond motifs is 1. The molecule has 82 valence electrons. The molecule has 0 saturated carbocycles. The number of nitrogens with two attached hydrogens (primary N) is 1. The summed E-state index contributed by atoms with van der Waals surface area (Å²) < 4.78 is 10.3. The maximum atomic E-state index is 6.17. The van der Waals surface area contributed by atoms with E-state index in [-0.39, 0.29) is 5.88 Å². The van der Waals surface area contributed by atoms with Gasteiger partial charge in [-0.2, -0.15) is 0 Å². The summed E-state index contributed by atoms with van der Waals surface area (Å²) in [5, 5.41) is 4.52. The molecule has 0 amide bonds. The Kier molecular flexibility index (Phi) is 2.04. The van der Waals surface area contributed by atoms with Gasteiger partial charge in [0.15, 0.2) is 0 Å². The molecule has 0 fully saturated rings. The fourth-order valence-electron chi connectivity index (χ4n) is 1.93. The van der Waals surface area contributed by atoms with E-state index in [4.69, 9.17) is 26.6 Å². The van der Waals surface area contributed by atoms with Crippen molar-refractivity contribution < 1.29 is 9.26 Å². The fourth-order valence-corrected chi connectivity index (χ4v) is 2.20. The quantitative estimate of drug-likeness (QED) is 0.827. The van der Waals surface area contributed by atoms with Gasteiger partial charge in [0.2, 0.25) is 5.88 Å². The van der Waals surface area contributed by atoms with E-state index in [1.165, 1.54) is 0 Å². The van der Waals surface area contributed by atoms with E-state index in [0.29, 0.717) is 17.3 Å². The number of hydrogen-bond donors (Lipinski definition) is 1. The molecule has 1 aromatic heterocycles. The molecule has 5 heteroatoms. The van der Waals surface area contributed by atoms with Gasteiger partial charge in [0.1, 0.15) is 11.4 Å². The SMILES string of the molecule is Nc1cc(-c2c(Cl)ccc3c2CCO3)no1. The molecule has 0 aliphatic carbocycles. The van der Waals surface area contributed by atoms with Gasteiger partial charge in [-0.1, -0.05) is 16.8 Å². The van der Waals surface area contributed by atoms with E-state index < -0.39 is 0 Å². The third-order valence-corrected chi connectivity index (χ3v) is 2.93. The Balaban J connectivity index is 2.23. The second-order valence-electron chi connectivity index (χ2n) is 3.61. The van der Waals surface area contributed by atoms with Crippen LogP contribution >= 0.6 is 11.6 Å². The van der Waals surface area contributed by atoms with Crippen LogP contribution in [-0.2, 0) is 6.42 Å². The maximum Gasteiger partial charge on any atom is 0.222 e. The van der Waals surface area contributed by atoms with E-state index in [0.717, 1.165) is 23.3 Å². The Hall–Kier alpha value is -1.68. The number of rotatable bonds is 1. The molecule has 0 atom stereocenters. The molecular weight excluding hydrogens is 228 g/mol. The Bertz CT molecular complexity index is 551. The lowest BCUT2D eigenvalue weighted by Crippen LogP contribution is -1.88. The predicted octanol–water partition coefficient (Wildman–Crippen LogP) is 2.51. The van der Waals surface area contributed by atoms with Crippen molar-refractivity contribution in [1.29, 1.82) is 0 Å². The van der Waals surface area contributed by atoms with Crippen molar-refractivity contribution in [2.24, 2.45) is 0 Å².